The van der Waals surface area contributed by atoms with E-state index >= 15 is 0 Å². The fourth-order valence-corrected chi connectivity index (χ4v) is 3.81. The molecule has 0 aliphatic heterocycles. The molecule has 0 spiro atoms. The predicted molar refractivity (Wildman–Crippen MR) is 119 cm³/mol. The maximum absolute atomic E-state index is 13.0. The van der Waals surface area contributed by atoms with Gasteiger partial charge in [0.1, 0.15) is 0 Å². The van der Waals surface area contributed by atoms with Crippen LogP contribution in [-0.4, -0.2) is 26.1 Å². The average Bonchev–Trinajstić information content (AvgIpc) is 3.28. The van der Waals surface area contributed by atoms with E-state index in [1.807, 2.05) is 54.6 Å². The highest BCUT2D eigenvalue weighted by molar-refractivity contribution is 5.88. The number of carbonyl (C=O) groups is 1. The molecule has 0 fully saturated rings. The van der Waals surface area contributed by atoms with E-state index in [4.69, 9.17) is 0 Å². The van der Waals surface area contributed by atoms with Crippen molar-refractivity contribution in [3.05, 3.63) is 106 Å². The Morgan fingerprint density at radius 2 is 1.71 bits per heavy atom. The van der Waals surface area contributed by atoms with Gasteiger partial charge in [0.05, 0.1) is 40.9 Å². The standard InChI is InChI=1S/C24H19N5O2/c30-22(13-20-17-8-4-5-9-18(17)24(31)29-28-20)27-23(15-6-2-1-3-7-15)16-10-11-19-21(12-16)26-14-25-19/h1-12,14,23H,13H2,(H,25,26)(H,27,30)(H,29,31)/t23-/m0/s1. The SMILES string of the molecule is O=C(Cc1n[nH]c(=O)c2ccccc12)N[C@@H](c1ccccc1)c1ccc2nc[nH]c2c1. The summed E-state index contributed by atoms with van der Waals surface area (Å²) >= 11 is 0. The number of aromatic amines is 2. The lowest BCUT2D eigenvalue weighted by atomic mass is 9.98. The zero-order chi connectivity index (χ0) is 21.2. The third-order valence-electron chi connectivity index (χ3n) is 5.32. The topological polar surface area (TPSA) is 104 Å². The second kappa shape index (κ2) is 7.87. The van der Waals surface area contributed by atoms with Crippen LogP contribution in [0.15, 0.2) is 83.9 Å². The van der Waals surface area contributed by atoms with Crippen molar-refractivity contribution in [1.82, 2.24) is 25.5 Å². The first kappa shape index (κ1) is 18.7. The van der Waals surface area contributed by atoms with Crippen molar-refractivity contribution in [2.75, 3.05) is 0 Å². The third-order valence-corrected chi connectivity index (χ3v) is 5.32. The highest BCUT2D eigenvalue weighted by Gasteiger charge is 2.19. The second-order valence-electron chi connectivity index (χ2n) is 7.31. The molecular formula is C24H19N5O2. The van der Waals surface area contributed by atoms with Crippen LogP contribution in [0.2, 0.25) is 0 Å². The molecule has 5 aromatic rings. The van der Waals surface area contributed by atoms with Crippen molar-refractivity contribution in [2.45, 2.75) is 12.5 Å². The number of nitrogens with one attached hydrogen (secondary N) is 3. The molecule has 0 saturated heterocycles. The van der Waals surface area contributed by atoms with Gasteiger partial charge in [0.15, 0.2) is 0 Å². The highest BCUT2D eigenvalue weighted by Crippen LogP contribution is 2.25. The Kier molecular flexibility index (Phi) is 4.76. The van der Waals surface area contributed by atoms with Gasteiger partial charge in [-0.2, -0.15) is 5.10 Å². The molecule has 3 N–H and O–H groups in total. The van der Waals surface area contributed by atoms with Crippen LogP contribution in [0.1, 0.15) is 22.9 Å². The van der Waals surface area contributed by atoms with Gasteiger partial charge in [0, 0.05) is 5.39 Å². The second-order valence-corrected chi connectivity index (χ2v) is 7.31. The Morgan fingerprint density at radius 3 is 2.55 bits per heavy atom. The minimum absolute atomic E-state index is 0.0485. The highest BCUT2D eigenvalue weighted by atomic mass is 16.1. The van der Waals surface area contributed by atoms with Gasteiger partial charge in [-0.25, -0.2) is 10.1 Å². The summed E-state index contributed by atoms with van der Waals surface area (Å²) in [5.41, 5.74) is 3.94. The normalized spacial score (nSPS) is 12.1. The number of aromatic nitrogens is 4. The summed E-state index contributed by atoms with van der Waals surface area (Å²) in [5.74, 6) is -0.191. The number of imidazole rings is 1. The first-order valence-corrected chi connectivity index (χ1v) is 9.93. The van der Waals surface area contributed by atoms with Crippen molar-refractivity contribution >= 4 is 27.7 Å². The smallest absolute Gasteiger partial charge is 0.272 e. The molecule has 0 saturated carbocycles. The van der Waals surface area contributed by atoms with E-state index in [9.17, 15) is 9.59 Å². The number of H-pyrrole nitrogens is 2. The molecule has 1 atom stereocenters. The average molecular weight is 409 g/mol. The summed E-state index contributed by atoms with van der Waals surface area (Å²) in [6.45, 7) is 0. The van der Waals surface area contributed by atoms with E-state index in [2.05, 4.69) is 25.5 Å². The van der Waals surface area contributed by atoms with Crippen LogP contribution >= 0.6 is 0 Å². The number of nitrogens with zero attached hydrogens (tertiary/aromatic N) is 2. The van der Waals surface area contributed by atoms with Crippen LogP contribution in [0.25, 0.3) is 21.8 Å². The van der Waals surface area contributed by atoms with Crippen LogP contribution in [-0.2, 0) is 11.2 Å². The summed E-state index contributed by atoms with van der Waals surface area (Å²) in [5, 5.41) is 10.9. The van der Waals surface area contributed by atoms with Crippen molar-refractivity contribution in [3.63, 3.8) is 0 Å². The van der Waals surface area contributed by atoms with Crippen LogP contribution in [0, 0.1) is 0 Å². The summed E-state index contributed by atoms with van der Waals surface area (Å²) in [4.78, 5) is 32.5. The maximum atomic E-state index is 13.0. The molecule has 5 rings (SSSR count). The number of hydrogen-bond acceptors (Lipinski definition) is 4. The summed E-state index contributed by atoms with van der Waals surface area (Å²) in [7, 11) is 0. The largest absolute Gasteiger partial charge is 0.345 e. The first-order valence-electron chi connectivity index (χ1n) is 9.93. The van der Waals surface area contributed by atoms with Gasteiger partial charge < -0.3 is 10.3 Å². The van der Waals surface area contributed by atoms with E-state index < -0.39 is 0 Å². The Balaban J connectivity index is 1.48. The molecule has 0 aliphatic carbocycles. The quantitative estimate of drug-likeness (QED) is 0.414. The Bertz CT molecular complexity index is 1440. The molecule has 0 unspecified atom stereocenters. The van der Waals surface area contributed by atoms with E-state index in [0.29, 0.717) is 16.5 Å². The summed E-state index contributed by atoms with van der Waals surface area (Å²) < 4.78 is 0. The Hall–Kier alpha value is -4.26. The van der Waals surface area contributed by atoms with Crippen LogP contribution < -0.4 is 10.9 Å². The molecular weight excluding hydrogens is 390 g/mol. The third kappa shape index (κ3) is 3.69. The summed E-state index contributed by atoms with van der Waals surface area (Å²) in [6.07, 6.45) is 1.70. The van der Waals surface area contributed by atoms with E-state index in [1.54, 1.807) is 24.5 Å². The number of carbonyl (C=O) groups excluding carboxylic acids is 1. The number of amides is 1. The molecule has 2 aromatic heterocycles. The van der Waals surface area contributed by atoms with Gasteiger partial charge >= 0.3 is 0 Å². The van der Waals surface area contributed by atoms with Crippen molar-refractivity contribution in [3.8, 4) is 0 Å². The predicted octanol–water partition coefficient (Wildman–Crippen LogP) is 3.25. The molecule has 0 bridgehead atoms. The van der Waals surface area contributed by atoms with Crippen LogP contribution in [0.5, 0.6) is 0 Å². The molecule has 7 nitrogen and oxygen atoms in total. The number of fused-ring (bicyclic) bond motifs is 2. The van der Waals surface area contributed by atoms with Crippen molar-refractivity contribution in [1.29, 1.82) is 0 Å². The first-order chi connectivity index (χ1) is 15.2. The van der Waals surface area contributed by atoms with Gasteiger partial charge in [-0.1, -0.05) is 54.6 Å². The number of hydrogen-bond donors (Lipinski definition) is 3. The van der Waals surface area contributed by atoms with E-state index in [-0.39, 0.29) is 23.9 Å². The zero-order valence-corrected chi connectivity index (χ0v) is 16.5. The monoisotopic (exact) mass is 409 g/mol. The van der Waals surface area contributed by atoms with E-state index in [0.717, 1.165) is 22.2 Å². The minimum Gasteiger partial charge on any atom is -0.345 e. The molecule has 2 heterocycles. The fourth-order valence-electron chi connectivity index (χ4n) is 3.81. The maximum Gasteiger partial charge on any atom is 0.272 e. The fraction of sp³-hybridized carbons (Fsp3) is 0.0833. The molecule has 7 heteroatoms. The lowest BCUT2D eigenvalue weighted by Crippen LogP contribution is -2.31. The zero-order valence-electron chi connectivity index (χ0n) is 16.5. The van der Waals surface area contributed by atoms with Crippen LogP contribution in [0.3, 0.4) is 0 Å². The molecule has 31 heavy (non-hydrogen) atoms. The van der Waals surface area contributed by atoms with Gasteiger partial charge in [-0.05, 0) is 29.3 Å². The molecule has 152 valence electrons. The summed E-state index contributed by atoms with van der Waals surface area (Å²) in [6, 6.07) is 22.5. The lowest BCUT2D eigenvalue weighted by molar-refractivity contribution is -0.121. The van der Waals surface area contributed by atoms with Gasteiger partial charge in [0.2, 0.25) is 5.91 Å². The van der Waals surface area contributed by atoms with Crippen LogP contribution in [0.4, 0.5) is 0 Å². The Morgan fingerprint density at radius 1 is 0.935 bits per heavy atom. The molecule has 0 aliphatic rings. The molecule has 3 aromatic carbocycles. The van der Waals surface area contributed by atoms with Gasteiger partial charge in [-0.3, -0.25) is 9.59 Å². The molecule has 0 radical (unpaired) electrons. The lowest BCUT2D eigenvalue weighted by Gasteiger charge is -2.20. The number of rotatable bonds is 5. The Labute approximate surface area is 177 Å². The van der Waals surface area contributed by atoms with Crippen molar-refractivity contribution < 1.29 is 4.79 Å². The number of benzene rings is 3. The van der Waals surface area contributed by atoms with Gasteiger partial charge in [0.25, 0.3) is 5.56 Å². The molecule has 1 amide bonds. The van der Waals surface area contributed by atoms with E-state index in [1.165, 1.54) is 0 Å². The van der Waals surface area contributed by atoms with Crippen molar-refractivity contribution in [2.24, 2.45) is 0 Å². The van der Waals surface area contributed by atoms with Gasteiger partial charge in [-0.15, -0.1) is 0 Å². The minimum atomic E-state index is -0.338.